The van der Waals surface area contributed by atoms with Crippen LogP contribution in [0.1, 0.15) is 57.2 Å². The van der Waals surface area contributed by atoms with Crippen molar-refractivity contribution in [2.75, 3.05) is 13.7 Å². The van der Waals surface area contributed by atoms with E-state index < -0.39 is 29.5 Å². The maximum atomic E-state index is 12.6. The van der Waals surface area contributed by atoms with Crippen LogP contribution in [-0.4, -0.2) is 56.3 Å². The quantitative estimate of drug-likeness (QED) is 0.605. The maximum absolute atomic E-state index is 12.6. The normalized spacial score (nSPS) is 38.9. The predicted molar refractivity (Wildman–Crippen MR) is 135 cm³/mol. The summed E-state index contributed by atoms with van der Waals surface area (Å²) in [6.45, 7) is 3.59. The molecule has 4 aliphatic rings. The Hall–Kier alpha value is -2.48. The highest BCUT2D eigenvalue weighted by molar-refractivity contribution is 5.89. The van der Waals surface area contributed by atoms with E-state index in [9.17, 15) is 20.1 Å². The predicted octanol–water partition coefficient (Wildman–Crippen LogP) is 3.33. The van der Waals surface area contributed by atoms with E-state index in [0.29, 0.717) is 12.8 Å². The number of hydrogen-bond donors (Lipinski definition) is 3. The molecule has 3 fully saturated rings. The van der Waals surface area contributed by atoms with Gasteiger partial charge in [0, 0.05) is 17.7 Å². The molecule has 6 rings (SSSR count). The number of aliphatic hydroxyl groups excluding tert-OH is 2. The van der Waals surface area contributed by atoms with Crippen molar-refractivity contribution in [2.45, 2.75) is 64.1 Å². The number of carbonyl (C=O) groups is 1. The molecule has 0 radical (unpaired) electrons. The number of allylic oxidation sites excluding steroid dienone is 1. The number of ketones is 1. The first-order valence-corrected chi connectivity index (χ1v) is 13.1. The van der Waals surface area contributed by atoms with Crippen molar-refractivity contribution in [1.29, 1.82) is 0 Å². The van der Waals surface area contributed by atoms with E-state index in [2.05, 4.69) is 19.2 Å². The second-order valence-electron chi connectivity index (χ2n) is 12.0. The fourth-order valence-electron chi connectivity index (χ4n) is 8.66. The third kappa shape index (κ3) is 3.09. The molecule has 1 aromatic heterocycles. The molecule has 0 aliphatic heterocycles. The van der Waals surface area contributed by atoms with Gasteiger partial charge in [0.25, 0.3) is 0 Å². The number of aromatic nitrogens is 2. The van der Waals surface area contributed by atoms with Gasteiger partial charge in [-0.15, -0.1) is 0 Å². The minimum absolute atomic E-state index is 0.0514. The molecular formula is C29H36N2O5. The van der Waals surface area contributed by atoms with Gasteiger partial charge < -0.3 is 20.1 Å². The summed E-state index contributed by atoms with van der Waals surface area (Å²) in [5.74, 6) is 0.693. The van der Waals surface area contributed by atoms with E-state index in [-0.39, 0.29) is 23.2 Å². The Balaban J connectivity index is 1.35. The van der Waals surface area contributed by atoms with Crippen LogP contribution in [0.4, 0.5) is 0 Å². The molecular weight excluding hydrogens is 456 g/mol. The number of nitrogens with zero attached hydrogens (tertiary/aromatic N) is 2. The smallest absolute Gasteiger partial charge is 0.190 e. The van der Waals surface area contributed by atoms with Crippen molar-refractivity contribution in [3.8, 4) is 11.4 Å². The van der Waals surface area contributed by atoms with E-state index in [0.717, 1.165) is 42.8 Å². The van der Waals surface area contributed by atoms with Crippen LogP contribution < -0.4 is 4.74 Å². The van der Waals surface area contributed by atoms with Crippen molar-refractivity contribution in [3.05, 3.63) is 47.3 Å². The number of carbonyl (C=O) groups excluding carboxylic acids is 1. The number of benzene rings is 1. The summed E-state index contributed by atoms with van der Waals surface area (Å²) < 4.78 is 7.30. The van der Waals surface area contributed by atoms with Gasteiger partial charge in [-0.1, -0.05) is 25.5 Å². The lowest BCUT2D eigenvalue weighted by molar-refractivity contribution is -0.181. The first-order chi connectivity index (χ1) is 17.1. The average Bonchev–Trinajstić information content (AvgIpc) is 3.39. The second kappa shape index (κ2) is 8.01. The summed E-state index contributed by atoms with van der Waals surface area (Å²) in [5.41, 5.74) is 1.96. The number of rotatable bonds is 4. The van der Waals surface area contributed by atoms with Gasteiger partial charge in [-0.3, -0.25) is 4.79 Å². The summed E-state index contributed by atoms with van der Waals surface area (Å²) in [6, 6.07) is 7.86. The highest BCUT2D eigenvalue weighted by Crippen LogP contribution is 2.67. The van der Waals surface area contributed by atoms with E-state index in [1.165, 1.54) is 11.1 Å². The van der Waals surface area contributed by atoms with Gasteiger partial charge in [-0.2, -0.15) is 5.10 Å². The fourth-order valence-corrected chi connectivity index (χ4v) is 8.66. The van der Waals surface area contributed by atoms with Gasteiger partial charge in [0.1, 0.15) is 18.0 Å². The molecule has 0 unspecified atom stereocenters. The van der Waals surface area contributed by atoms with Crippen LogP contribution in [0.25, 0.3) is 11.8 Å². The highest BCUT2D eigenvalue weighted by Gasteiger charge is 2.68. The Kier molecular flexibility index (Phi) is 5.31. The molecule has 3 saturated carbocycles. The number of aliphatic hydroxyl groups is 3. The lowest BCUT2D eigenvalue weighted by Crippen LogP contribution is -2.62. The number of Topliss-reactive ketones (excluding diaryl/α,β-unsaturated/α-hetero) is 1. The summed E-state index contributed by atoms with van der Waals surface area (Å²) in [4.78, 5) is 12.6. The third-order valence-electron chi connectivity index (χ3n) is 10.4. The molecule has 7 atom stereocenters. The largest absolute Gasteiger partial charge is 0.497 e. The van der Waals surface area contributed by atoms with Crippen molar-refractivity contribution >= 4 is 11.9 Å². The van der Waals surface area contributed by atoms with Crippen LogP contribution >= 0.6 is 0 Å². The molecule has 7 nitrogen and oxygen atoms in total. The molecule has 4 aliphatic carbocycles. The zero-order valence-corrected chi connectivity index (χ0v) is 21.3. The van der Waals surface area contributed by atoms with E-state index in [4.69, 9.17) is 9.84 Å². The topological polar surface area (TPSA) is 105 Å². The molecule has 1 aromatic carbocycles. The molecule has 2 aromatic rings. The zero-order valence-electron chi connectivity index (χ0n) is 21.3. The van der Waals surface area contributed by atoms with E-state index in [1.54, 1.807) is 7.11 Å². The van der Waals surface area contributed by atoms with Crippen LogP contribution in [0.5, 0.6) is 5.75 Å². The molecule has 0 spiro atoms. The molecule has 0 amide bonds. The van der Waals surface area contributed by atoms with Crippen LogP contribution in [0, 0.1) is 28.6 Å². The Morgan fingerprint density at radius 1 is 1.28 bits per heavy atom. The Morgan fingerprint density at radius 3 is 2.83 bits per heavy atom. The van der Waals surface area contributed by atoms with Gasteiger partial charge in [0.15, 0.2) is 5.78 Å². The first-order valence-electron chi connectivity index (χ1n) is 13.1. The van der Waals surface area contributed by atoms with Gasteiger partial charge >= 0.3 is 0 Å². The molecule has 0 bridgehead atoms. The fraction of sp³-hybridized carbons (Fsp3) is 0.586. The summed E-state index contributed by atoms with van der Waals surface area (Å²) >= 11 is 0. The zero-order chi connectivity index (χ0) is 25.5. The van der Waals surface area contributed by atoms with Crippen molar-refractivity contribution in [2.24, 2.45) is 28.6 Å². The van der Waals surface area contributed by atoms with Gasteiger partial charge in [0.05, 0.1) is 24.6 Å². The van der Waals surface area contributed by atoms with Crippen LogP contribution in [-0.2, 0) is 11.2 Å². The SMILES string of the molecule is COc1cccc(-n2cc3c(n2)C=C2CC[C@@H]4[C@H]([C@@H](O)C[C@@]5(C)[C@H]4CC[C@]5(O)C(=O)CO)[C@@]2(C)C3)c1. The molecule has 3 N–H and O–H groups in total. The molecule has 36 heavy (non-hydrogen) atoms. The summed E-state index contributed by atoms with van der Waals surface area (Å²) in [6.07, 6.45) is 7.84. The standard InChI is InChI=1S/C29H36N2O5/c1-27-13-17-15-31(19-5-4-6-20(12-19)36-3)30-23(17)11-18(27)7-8-21-22-9-10-29(35,25(34)16-32)28(22,2)14-24(33)26(21)27/h4-6,11-12,15,21-22,24,26,32-33,35H,7-10,13-14,16H2,1-3H3/t21-,22-,24-,26+,27-,28-,29-/m0/s1. The second-order valence-corrected chi connectivity index (χ2v) is 12.0. The van der Waals surface area contributed by atoms with Crippen molar-refractivity contribution in [1.82, 2.24) is 9.78 Å². The van der Waals surface area contributed by atoms with Gasteiger partial charge in [-0.05, 0) is 85.5 Å². The number of hydrogen-bond acceptors (Lipinski definition) is 6. The molecule has 7 heteroatoms. The van der Waals surface area contributed by atoms with Crippen LogP contribution in [0.3, 0.4) is 0 Å². The first kappa shape index (κ1) is 23.9. The highest BCUT2D eigenvalue weighted by atomic mass is 16.5. The molecule has 1 heterocycles. The Morgan fingerprint density at radius 2 is 2.08 bits per heavy atom. The van der Waals surface area contributed by atoms with Gasteiger partial charge in [-0.25, -0.2) is 4.68 Å². The molecule has 192 valence electrons. The Labute approximate surface area is 211 Å². The van der Waals surface area contributed by atoms with Crippen LogP contribution in [0.15, 0.2) is 36.0 Å². The van der Waals surface area contributed by atoms with Gasteiger partial charge in [0.2, 0.25) is 0 Å². The van der Waals surface area contributed by atoms with Crippen molar-refractivity contribution < 1.29 is 24.9 Å². The van der Waals surface area contributed by atoms with E-state index >= 15 is 0 Å². The minimum atomic E-state index is -1.56. The van der Waals surface area contributed by atoms with E-state index in [1.807, 2.05) is 35.9 Å². The lowest BCUT2D eigenvalue weighted by Gasteiger charge is -2.60. The summed E-state index contributed by atoms with van der Waals surface area (Å²) in [7, 11) is 1.66. The molecule has 0 saturated heterocycles. The summed E-state index contributed by atoms with van der Waals surface area (Å²) in [5, 5.41) is 37.5. The minimum Gasteiger partial charge on any atom is -0.497 e. The maximum Gasteiger partial charge on any atom is 0.190 e. The average molecular weight is 493 g/mol. The third-order valence-corrected chi connectivity index (χ3v) is 10.4. The lowest BCUT2D eigenvalue weighted by atomic mass is 9.45. The monoisotopic (exact) mass is 492 g/mol. The Bertz CT molecular complexity index is 1250. The van der Waals surface area contributed by atoms with Crippen LogP contribution in [0.2, 0.25) is 0 Å². The number of fused-ring (bicyclic) bond motifs is 6. The van der Waals surface area contributed by atoms with Crippen molar-refractivity contribution in [3.63, 3.8) is 0 Å². The number of ether oxygens (including phenoxy) is 1. The number of methoxy groups -OCH3 is 1.